The van der Waals surface area contributed by atoms with Crippen LogP contribution in [0.1, 0.15) is 12.5 Å². The molecule has 0 spiro atoms. The minimum atomic E-state index is -0.943. The van der Waals surface area contributed by atoms with E-state index >= 15 is 0 Å². The van der Waals surface area contributed by atoms with Gasteiger partial charge < -0.3 is 10.4 Å². The SMILES string of the molecule is CC(O)(CNc1ncnc2[nH]ncc12)c1ccsc1. The molecule has 0 fully saturated rings. The molecule has 3 heterocycles. The van der Waals surface area contributed by atoms with Gasteiger partial charge in [0.25, 0.3) is 0 Å². The summed E-state index contributed by atoms with van der Waals surface area (Å²) in [7, 11) is 0. The molecule has 98 valence electrons. The topological polar surface area (TPSA) is 86.7 Å². The fourth-order valence-corrected chi connectivity index (χ4v) is 2.62. The van der Waals surface area contributed by atoms with Crippen molar-refractivity contribution in [2.75, 3.05) is 11.9 Å². The van der Waals surface area contributed by atoms with Crippen LogP contribution < -0.4 is 5.32 Å². The van der Waals surface area contributed by atoms with E-state index in [0.29, 0.717) is 18.0 Å². The van der Waals surface area contributed by atoms with E-state index in [0.717, 1.165) is 10.9 Å². The predicted molar refractivity (Wildman–Crippen MR) is 74.1 cm³/mol. The Labute approximate surface area is 113 Å². The molecule has 1 unspecified atom stereocenters. The number of H-pyrrole nitrogens is 1. The molecule has 0 aliphatic rings. The summed E-state index contributed by atoms with van der Waals surface area (Å²) < 4.78 is 0. The van der Waals surface area contributed by atoms with Gasteiger partial charge in [-0.25, -0.2) is 9.97 Å². The highest BCUT2D eigenvalue weighted by Crippen LogP contribution is 2.24. The summed E-state index contributed by atoms with van der Waals surface area (Å²) >= 11 is 1.56. The molecule has 19 heavy (non-hydrogen) atoms. The molecule has 6 nitrogen and oxygen atoms in total. The first-order valence-electron chi connectivity index (χ1n) is 5.80. The number of nitrogens with one attached hydrogen (secondary N) is 2. The number of hydrogen-bond donors (Lipinski definition) is 3. The summed E-state index contributed by atoms with van der Waals surface area (Å²) in [6.07, 6.45) is 3.12. The highest BCUT2D eigenvalue weighted by molar-refractivity contribution is 7.08. The molecule has 3 aromatic rings. The molecule has 0 saturated heterocycles. The molecule has 3 N–H and O–H groups in total. The van der Waals surface area contributed by atoms with Gasteiger partial charge in [-0.1, -0.05) is 0 Å². The Morgan fingerprint density at radius 3 is 3.16 bits per heavy atom. The normalized spacial score (nSPS) is 14.4. The minimum absolute atomic E-state index is 0.362. The van der Waals surface area contributed by atoms with Crippen LogP contribution in [-0.2, 0) is 5.60 Å². The molecular formula is C12H13N5OS. The monoisotopic (exact) mass is 275 g/mol. The summed E-state index contributed by atoms with van der Waals surface area (Å²) in [6.45, 7) is 2.14. The van der Waals surface area contributed by atoms with Gasteiger partial charge in [-0.05, 0) is 29.3 Å². The number of aromatic nitrogens is 4. The first kappa shape index (κ1) is 12.1. The Morgan fingerprint density at radius 2 is 2.37 bits per heavy atom. The van der Waals surface area contributed by atoms with E-state index in [-0.39, 0.29) is 0 Å². The van der Waals surface area contributed by atoms with Crippen molar-refractivity contribution in [3.8, 4) is 0 Å². The van der Waals surface area contributed by atoms with Gasteiger partial charge in [0.2, 0.25) is 0 Å². The molecule has 0 aromatic carbocycles. The maximum Gasteiger partial charge on any atom is 0.160 e. The number of aromatic amines is 1. The van der Waals surface area contributed by atoms with E-state index in [2.05, 4.69) is 25.5 Å². The predicted octanol–water partition coefficient (Wildman–Crippen LogP) is 1.73. The zero-order valence-electron chi connectivity index (χ0n) is 10.3. The third-order valence-corrected chi connectivity index (χ3v) is 3.67. The van der Waals surface area contributed by atoms with E-state index in [9.17, 15) is 5.11 Å². The summed E-state index contributed by atoms with van der Waals surface area (Å²) in [4.78, 5) is 8.24. The molecule has 7 heteroatoms. The quantitative estimate of drug-likeness (QED) is 0.675. The lowest BCUT2D eigenvalue weighted by molar-refractivity contribution is 0.0719. The van der Waals surface area contributed by atoms with Gasteiger partial charge >= 0.3 is 0 Å². The van der Waals surface area contributed by atoms with Crippen molar-refractivity contribution in [1.29, 1.82) is 0 Å². The van der Waals surface area contributed by atoms with Crippen LogP contribution in [0.3, 0.4) is 0 Å². The van der Waals surface area contributed by atoms with Crippen LogP contribution in [0.2, 0.25) is 0 Å². The van der Waals surface area contributed by atoms with Crippen molar-refractivity contribution >= 4 is 28.2 Å². The second-order valence-electron chi connectivity index (χ2n) is 4.49. The zero-order chi connectivity index (χ0) is 13.3. The number of aliphatic hydroxyl groups is 1. The zero-order valence-corrected chi connectivity index (χ0v) is 11.1. The van der Waals surface area contributed by atoms with Crippen molar-refractivity contribution in [3.63, 3.8) is 0 Å². The molecular weight excluding hydrogens is 262 g/mol. The van der Waals surface area contributed by atoms with Crippen LogP contribution in [0.4, 0.5) is 5.82 Å². The van der Waals surface area contributed by atoms with E-state index < -0.39 is 5.60 Å². The Hall–Kier alpha value is -1.99. The average Bonchev–Trinajstić information content (AvgIpc) is 3.07. The van der Waals surface area contributed by atoms with E-state index in [1.807, 2.05) is 16.8 Å². The second-order valence-corrected chi connectivity index (χ2v) is 5.27. The van der Waals surface area contributed by atoms with Crippen molar-refractivity contribution in [2.45, 2.75) is 12.5 Å². The van der Waals surface area contributed by atoms with Gasteiger partial charge in [0.05, 0.1) is 11.6 Å². The van der Waals surface area contributed by atoms with Gasteiger partial charge in [-0.3, -0.25) is 5.10 Å². The first-order valence-corrected chi connectivity index (χ1v) is 6.74. The molecule has 3 aromatic heterocycles. The summed E-state index contributed by atoms with van der Waals surface area (Å²) in [6, 6.07) is 1.92. The number of fused-ring (bicyclic) bond motifs is 1. The van der Waals surface area contributed by atoms with Crippen molar-refractivity contribution in [1.82, 2.24) is 20.2 Å². The van der Waals surface area contributed by atoms with Gasteiger partial charge in [0.1, 0.15) is 17.7 Å². The number of nitrogens with zero attached hydrogens (tertiary/aromatic N) is 3. The fourth-order valence-electron chi connectivity index (χ4n) is 1.83. The van der Waals surface area contributed by atoms with E-state index in [1.54, 1.807) is 24.5 Å². The Bertz CT molecular complexity index is 676. The van der Waals surface area contributed by atoms with Crippen molar-refractivity contribution in [2.24, 2.45) is 0 Å². The van der Waals surface area contributed by atoms with Crippen LogP contribution in [0.25, 0.3) is 11.0 Å². The third kappa shape index (κ3) is 2.29. The minimum Gasteiger partial charge on any atom is -0.384 e. The van der Waals surface area contributed by atoms with Gasteiger partial charge in [0, 0.05) is 6.54 Å². The number of anilines is 1. The van der Waals surface area contributed by atoms with Gasteiger partial charge in [0.15, 0.2) is 5.65 Å². The third-order valence-electron chi connectivity index (χ3n) is 2.99. The summed E-state index contributed by atoms with van der Waals surface area (Å²) in [5.74, 6) is 0.661. The molecule has 0 amide bonds. The number of rotatable bonds is 4. The summed E-state index contributed by atoms with van der Waals surface area (Å²) in [5, 5.41) is 25.0. The highest BCUT2D eigenvalue weighted by atomic mass is 32.1. The number of hydrogen-bond acceptors (Lipinski definition) is 6. The lowest BCUT2D eigenvalue weighted by Gasteiger charge is -2.23. The second kappa shape index (κ2) is 4.60. The molecule has 0 bridgehead atoms. The number of thiophene rings is 1. The van der Waals surface area contributed by atoms with Crippen molar-refractivity contribution < 1.29 is 5.11 Å². The standard InChI is InChI=1S/C12H13N5OS/c1-12(18,8-2-3-19-5-8)6-13-10-9-4-16-17-11(9)15-7-14-10/h2-5,7,18H,6H2,1H3,(H2,13,14,15,16,17). The van der Waals surface area contributed by atoms with Crippen LogP contribution in [0, 0.1) is 0 Å². The van der Waals surface area contributed by atoms with E-state index in [1.165, 1.54) is 6.33 Å². The highest BCUT2D eigenvalue weighted by Gasteiger charge is 2.23. The molecule has 0 saturated carbocycles. The molecule has 0 radical (unpaired) electrons. The lowest BCUT2D eigenvalue weighted by atomic mass is 9.99. The molecule has 3 rings (SSSR count). The van der Waals surface area contributed by atoms with Gasteiger partial charge in [-0.15, -0.1) is 0 Å². The van der Waals surface area contributed by atoms with Gasteiger partial charge in [-0.2, -0.15) is 16.4 Å². The molecule has 0 aliphatic heterocycles. The first-order chi connectivity index (χ1) is 9.17. The van der Waals surface area contributed by atoms with Crippen molar-refractivity contribution in [3.05, 3.63) is 34.9 Å². The lowest BCUT2D eigenvalue weighted by Crippen LogP contribution is -2.30. The Balaban J connectivity index is 1.81. The van der Waals surface area contributed by atoms with E-state index in [4.69, 9.17) is 0 Å². The smallest absolute Gasteiger partial charge is 0.160 e. The van der Waals surface area contributed by atoms with Crippen LogP contribution in [0.5, 0.6) is 0 Å². The average molecular weight is 275 g/mol. The summed E-state index contributed by atoms with van der Waals surface area (Å²) in [5.41, 5.74) is 0.622. The van der Waals surface area contributed by atoms with Crippen LogP contribution >= 0.6 is 11.3 Å². The Morgan fingerprint density at radius 1 is 1.47 bits per heavy atom. The Kier molecular flexibility index (Phi) is 2.92. The molecule has 0 aliphatic carbocycles. The maximum absolute atomic E-state index is 10.4. The molecule has 1 atom stereocenters. The largest absolute Gasteiger partial charge is 0.384 e. The fraction of sp³-hybridized carbons (Fsp3) is 0.250. The van der Waals surface area contributed by atoms with Crippen LogP contribution in [-0.4, -0.2) is 31.8 Å². The van der Waals surface area contributed by atoms with Crippen LogP contribution in [0.15, 0.2) is 29.4 Å². The maximum atomic E-state index is 10.4.